The van der Waals surface area contributed by atoms with Crippen LogP contribution in [-0.2, 0) is 6.54 Å². The summed E-state index contributed by atoms with van der Waals surface area (Å²) in [6, 6.07) is 12.9. The van der Waals surface area contributed by atoms with E-state index in [2.05, 4.69) is 32.9 Å². The smallest absolute Gasteiger partial charge is 0.251 e. The number of imidazole rings is 1. The molecule has 26 heavy (non-hydrogen) atoms. The average molecular weight is 465 g/mol. The van der Waals surface area contributed by atoms with E-state index < -0.39 is 0 Å². The molecular weight excluding hydrogens is 448 g/mol. The minimum Gasteiger partial charge on any atom is -0.491 e. The second-order valence-corrected chi connectivity index (χ2v) is 6.95. The summed E-state index contributed by atoms with van der Waals surface area (Å²) >= 11 is 2.17. The van der Waals surface area contributed by atoms with Crippen LogP contribution in [-0.4, -0.2) is 28.1 Å². The van der Waals surface area contributed by atoms with Crippen molar-refractivity contribution in [1.82, 2.24) is 14.9 Å². The van der Waals surface area contributed by atoms with E-state index in [9.17, 15) is 9.18 Å². The van der Waals surface area contributed by atoms with Crippen molar-refractivity contribution in [3.63, 3.8) is 0 Å². The molecular formula is C19H17FIN3O2. The minimum absolute atomic E-state index is 0.170. The minimum atomic E-state index is -0.320. The molecule has 1 heterocycles. The van der Waals surface area contributed by atoms with E-state index in [0.29, 0.717) is 17.9 Å². The fourth-order valence-electron chi connectivity index (χ4n) is 2.42. The van der Waals surface area contributed by atoms with Gasteiger partial charge in [0.2, 0.25) is 0 Å². The Bertz CT molecular complexity index is 853. The summed E-state index contributed by atoms with van der Waals surface area (Å²) in [5.41, 5.74) is 0.592. The molecule has 0 aliphatic carbocycles. The molecule has 3 rings (SSSR count). The van der Waals surface area contributed by atoms with Crippen LogP contribution >= 0.6 is 22.6 Å². The van der Waals surface area contributed by atoms with Crippen LogP contribution in [0.3, 0.4) is 0 Å². The van der Waals surface area contributed by atoms with Crippen molar-refractivity contribution in [3.05, 3.63) is 82.2 Å². The third kappa shape index (κ3) is 5.29. The Kier molecular flexibility index (Phi) is 6.21. The van der Waals surface area contributed by atoms with Crippen LogP contribution < -0.4 is 10.1 Å². The van der Waals surface area contributed by atoms with Gasteiger partial charge in [-0.15, -0.1) is 0 Å². The lowest BCUT2D eigenvalue weighted by molar-refractivity contribution is 0.0915. The third-order valence-corrected chi connectivity index (χ3v) is 4.35. The van der Waals surface area contributed by atoms with E-state index in [1.54, 1.807) is 30.7 Å². The molecule has 2 aromatic carbocycles. The van der Waals surface area contributed by atoms with Gasteiger partial charge >= 0.3 is 0 Å². The second-order valence-electron chi connectivity index (χ2n) is 5.71. The van der Waals surface area contributed by atoms with E-state index >= 15 is 0 Å². The Balaban J connectivity index is 1.68. The Morgan fingerprint density at radius 1 is 1.27 bits per heavy atom. The first-order chi connectivity index (χ1) is 12.6. The van der Waals surface area contributed by atoms with Crippen LogP contribution in [0.25, 0.3) is 0 Å². The third-order valence-electron chi connectivity index (χ3n) is 3.68. The van der Waals surface area contributed by atoms with Crippen molar-refractivity contribution in [2.75, 3.05) is 6.61 Å². The maximum Gasteiger partial charge on any atom is 0.251 e. The highest BCUT2D eigenvalue weighted by molar-refractivity contribution is 14.1. The number of hydrogen-bond acceptors (Lipinski definition) is 3. The summed E-state index contributed by atoms with van der Waals surface area (Å²) in [5, 5.41) is 2.99. The molecule has 0 saturated heterocycles. The number of nitrogens with zero attached hydrogens (tertiary/aromatic N) is 2. The molecule has 1 amide bonds. The molecule has 7 heteroatoms. The summed E-state index contributed by atoms with van der Waals surface area (Å²) in [6.45, 7) is 0.760. The Morgan fingerprint density at radius 3 is 2.77 bits per heavy atom. The van der Waals surface area contributed by atoms with Crippen molar-refractivity contribution in [2.45, 2.75) is 12.6 Å². The molecule has 1 N–H and O–H groups in total. The lowest BCUT2D eigenvalue weighted by atomic mass is 10.2. The number of benzene rings is 2. The van der Waals surface area contributed by atoms with E-state index in [1.807, 2.05) is 29.0 Å². The molecule has 0 spiro atoms. The average Bonchev–Trinajstić information content (AvgIpc) is 3.14. The fourth-order valence-corrected chi connectivity index (χ4v) is 2.96. The summed E-state index contributed by atoms with van der Waals surface area (Å²) in [5.74, 6) is 0.0566. The van der Waals surface area contributed by atoms with Crippen molar-refractivity contribution >= 4 is 28.5 Å². The number of ether oxygens (including phenoxy) is 1. The van der Waals surface area contributed by atoms with E-state index in [0.717, 1.165) is 3.57 Å². The SMILES string of the molecule is O=C(NC(COc1ccc(F)cc1)Cn1ccnc1)c1cccc(I)c1. The molecule has 5 nitrogen and oxygen atoms in total. The van der Waals surface area contributed by atoms with E-state index in [-0.39, 0.29) is 24.4 Å². The predicted octanol–water partition coefficient (Wildman–Crippen LogP) is 3.50. The number of rotatable bonds is 7. The fraction of sp³-hybridized carbons (Fsp3) is 0.158. The first kappa shape index (κ1) is 18.4. The van der Waals surface area contributed by atoms with Gasteiger partial charge in [0.1, 0.15) is 18.2 Å². The van der Waals surface area contributed by atoms with Gasteiger partial charge in [-0.25, -0.2) is 9.37 Å². The van der Waals surface area contributed by atoms with Gasteiger partial charge in [0.25, 0.3) is 5.91 Å². The van der Waals surface area contributed by atoms with Gasteiger partial charge < -0.3 is 14.6 Å². The topological polar surface area (TPSA) is 56.1 Å². The lowest BCUT2D eigenvalue weighted by Gasteiger charge is -2.20. The molecule has 0 saturated carbocycles. The standard InChI is InChI=1S/C19H17FIN3O2/c20-15-4-6-18(7-5-15)26-12-17(11-24-9-8-22-13-24)23-19(25)14-2-1-3-16(21)10-14/h1-10,13,17H,11-12H2,(H,23,25). The van der Waals surface area contributed by atoms with Gasteiger partial charge in [0.05, 0.1) is 12.4 Å². The van der Waals surface area contributed by atoms with Crippen LogP contribution in [0.2, 0.25) is 0 Å². The summed E-state index contributed by atoms with van der Waals surface area (Å²) in [7, 11) is 0. The number of hydrogen-bond donors (Lipinski definition) is 1. The number of amides is 1. The van der Waals surface area contributed by atoms with Crippen molar-refractivity contribution in [1.29, 1.82) is 0 Å². The van der Waals surface area contributed by atoms with Crippen molar-refractivity contribution in [2.24, 2.45) is 0 Å². The van der Waals surface area contributed by atoms with Crippen LogP contribution in [0.1, 0.15) is 10.4 Å². The summed E-state index contributed by atoms with van der Waals surface area (Å²) in [6.07, 6.45) is 5.18. The zero-order chi connectivity index (χ0) is 18.4. The van der Waals surface area contributed by atoms with Crippen LogP contribution in [0, 0.1) is 9.39 Å². The number of nitrogens with one attached hydrogen (secondary N) is 1. The monoisotopic (exact) mass is 465 g/mol. The molecule has 134 valence electrons. The normalized spacial score (nSPS) is 11.8. The van der Waals surface area contributed by atoms with Crippen LogP contribution in [0.5, 0.6) is 5.75 Å². The van der Waals surface area contributed by atoms with Crippen molar-refractivity contribution in [3.8, 4) is 5.75 Å². The summed E-state index contributed by atoms with van der Waals surface area (Å²) < 4.78 is 21.6. The first-order valence-electron chi connectivity index (χ1n) is 8.01. The molecule has 1 aromatic heterocycles. The van der Waals surface area contributed by atoms with Gasteiger partial charge in [-0.1, -0.05) is 6.07 Å². The van der Waals surface area contributed by atoms with Crippen LogP contribution in [0.15, 0.2) is 67.3 Å². The summed E-state index contributed by atoms with van der Waals surface area (Å²) in [4.78, 5) is 16.6. The molecule has 3 aromatic rings. The zero-order valence-corrected chi connectivity index (χ0v) is 16.0. The highest BCUT2D eigenvalue weighted by Crippen LogP contribution is 2.12. The Labute approximate surface area is 164 Å². The number of halogens is 2. The molecule has 1 unspecified atom stereocenters. The first-order valence-corrected chi connectivity index (χ1v) is 9.08. The number of carbonyl (C=O) groups excluding carboxylic acids is 1. The molecule has 0 aliphatic heterocycles. The van der Waals surface area contributed by atoms with Gasteiger partial charge in [-0.2, -0.15) is 0 Å². The molecule has 0 aliphatic rings. The Morgan fingerprint density at radius 2 is 2.08 bits per heavy atom. The van der Waals surface area contributed by atoms with Crippen LogP contribution in [0.4, 0.5) is 4.39 Å². The van der Waals surface area contributed by atoms with E-state index in [4.69, 9.17) is 4.74 Å². The van der Waals surface area contributed by atoms with Gasteiger partial charge in [-0.3, -0.25) is 4.79 Å². The highest BCUT2D eigenvalue weighted by atomic mass is 127. The highest BCUT2D eigenvalue weighted by Gasteiger charge is 2.16. The molecule has 0 fully saturated rings. The zero-order valence-electron chi connectivity index (χ0n) is 13.8. The van der Waals surface area contributed by atoms with Gasteiger partial charge in [-0.05, 0) is 65.1 Å². The molecule has 1 atom stereocenters. The maximum absolute atomic E-state index is 13.0. The quantitative estimate of drug-likeness (QED) is 0.544. The van der Waals surface area contributed by atoms with Crippen molar-refractivity contribution < 1.29 is 13.9 Å². The Hall–Kier alpha value is -2.42. The van der Waals surface area contributed by atoms with E-state index in [1.165, 1.54) is 12.1 Å². The van der Waals surface area contributed by atoms with Gasteiger partial charge in [0, 0.05) is 28.1 Å². The largest absolute Gasteiger partial charge is 0.491 e. The van der Waals surface area contributed by atoms with Gasteiger partial charge in [0.15, 0.2) is 0 Å². The second kappa shape index (κ2) is 8.79. The lowest BCUT2D eigenvalue weighted by Crippen LogP contribution is -2.42. The number of carbonyl (C=O) groups is 1. The number of aromatic nitrogens is 2. The molecule has 0 radical (unpaired) electrons. The maximum atomic E-state index is 13.0. The predicted molar refractivity (Wildman–Crippen MR) is 105 cm³/mol. The molecule has 0 bridgehead atoms.